The molecule has 0 unspecified atom stereocenters. The molecule has 2 rings (SSSR count). The van der Waals surface area contributed by atoms with Gasteiger partial charge in [0.15, 0.2) is 6.29 Å². The summed E-state index contributed by atoms with van der Waals surface area (Å²) >= 11 is 3.38. The van der Waals surface area contributed by atoms with Gasteiger partial charge in [-0.05, 0) is 34.1 Å². The normalized spacial score (nSPS) is 10.4. The Balaban J connectivity index is 2.79. The minimum atomic E-state index is 0.552. The van der Waals surface area contributed by atoms with Gasteiger partial charge >= 0.3 is 0 Å². The molecular weight excluding hydrogens is 246 g/mol. The molecule has 0 bridgehead atoms. The van der Waals surface area contributed by atoms with Crippen molar-refractivity contribution in [2.45, 2.75) is 0 Å². The first-order chi connectivity index (χ1) is 6.76. The van der Waals surface area contributed by atoms with Crippen molar-refractivity contribution in [2.75, 3.05) is 7.11 Å². The summed E-state index contributed by atoms with van der Waals surface area (Å²) in [4.78, 5) is 13.6. The molecule has 14 heavy (non-hydrogen) atoms. The summed E-state index contributed by atoms with van der Waals surface area (Å²) in [5, 5.41) is 0.906. The number of aromatic nitrogens is 1. The Morgan fingerprint density at radius 1 is 1.50 bits per heavy atom. The number of fused-ring (bicyclic) bond motifs is 1. The van der Waals surface area contributed by atoms with Crippen molar-refractivity contribution >= 4 is 33.1 Å². The number of nitrogens with one attached hydrogen (secondary N) is 1. The molecule has 0 aliphatic carbocycles. The predicted molar refractivity (Wildman–Crippen MR) is 57.9 cm³/mol. The lowest BCUT2D eigenvalue weighted by Crippen LogP contribution is -1.84. The van der Waals surface area contributed by atoms with E-state index < -0.39 is 0 Å². The molecule has 0 atom stereocenters. The number of halogens is 1. The van der Waals surface area contributed by atoms with E-state index >= 15 is 0 Å². The number of benzene rings is 1. The zero-order valence-corrected chi connectivity index (χ0v) is 9.09. The fourth-order valence-electron chi connectivity index (χ4n) is 1.44. The summed E-state index contributed by atoms with van der Waals surface area (Å²) in [7, 11) is 1.60. The lowest BCUT2D eigenvalue weighted by molar-refractivity contribution is 0.112. The summed E-state index contributed by atoms with van der Waals surface area (Å²) in [6.45, 7) is 0. The molecule has 0 saturated heterocycles. The quantitative estimate of drug-likeness (QED) is 0.837. The Hall–Kier alpha value is -1.29. The lowest BCUT2D eigenvalue weighted by atomic mass is 10.2. The van der Waals surface area contributed by atoms with Crippen LogP contribution in [0.25, 0.3) is 10.9 Å². The van der Waals surface area contributed by atoms with Crippen LogP contribution in [0.3, 0.4) is 0 Å². The van der Waals surface area contributed by atoms with E-state index in [2.05, 4.69) is 20.9 Å². The topological polar surface area (TPSA) is 42.1 Å². The molecule has 2 aromatic rings. The van der Waals surface area contributed by atoms with Crippen LogP contribution in [-0.4, -0.2) is 18.4 Å². The molecule has 0 saturated carbocycles. The first-order valence-electron chi connectivity index (χ1n) is 4.06. The highest BCUT2D eigenvalue weighted by Gasteiger charge is 2.08. The molecule has 1 heterocycles. The van der Waals surface area contributed by atoms with Crippen LogP contribution in [0.1, 0.15) is 10.5 Å². The van der Waals surface area contributed by atoms with E-state index in [1.54, 1.807) is 13.2 Å². The zero-order chi connectivity index (χ0) is 10.1. The summed E-state index contributed by atoms with van der Waals surface area (Å²) < 4.78 is 6.11. The Labute approximate surface area is 89.2 Å². The molecule has 1 N–H and O–H groups in total. The van der Waals surface area contributed by atoms with Gasteiger partial charge in [0.1, 0.15) is 5.75 Å². The first kappa shape index (κ1) is 9.27. The van der Waals surface area contributed by atoms with E-state index in [0.29, 0.717) is 5.69 Å². The fraction of sp³-hybridized carbons (Fsp3) is 0.100. The number of hydrogen-bond donors (Lipinski definition) is 1. The average molecular weight is 254 g/mol. The standard InChI is InChI=1S/C10H8BrNO2/c1-14-10-7-4-6(5-13)12-9(7)3-2-8(10)11/h2-5,12H,1H3. The van der Waals surface area contributed by atoms with E-state index in [0.717, 1.165) is 27.4 Å². The molecule has 0 amide bonds. The Bertz CT molecular complexity index is 490. The van der Waals surface area contributed by atoms with Gasteiger partial charge in [0, 0.05) is 10.9 Å². The number of rotatable bonds is 2. The van der Waals surface area contributed by atoms with Crippen LogP contribution in [0.4, 0.5) is 0 Å². The second kappa shape index (κ2) is 3.46. The minimum Gasteiger partial charge on any atom is -0.495 e. The maximum atomic E-state index is 10.6. The number of methoxy groups -OCH3 is 1. The molecular formula is C10H8BrNO2. The first-order valence-corrected chi connectivity index (χ1v) is 4.86. The molecule has 0 aliphatic rings. The van der Waals surface area contributed by atoms with Crippen LogP contribution in [0.5, 0.6) is 5.75 Å². The third-order valence-electron chi connectivity index (χ3n) is 2.06. The Kier molecular flexibility index (Phi) is 2.29. The van der Waals surface area contributed by atoms with Gasteiger partial charge in [0.25, 0.3) is 0 Å². The number of aldehydes is 1. The highest BCUT2D eigenvalue weighted by Crippen LogP contribution is 2.33. The summed E-state index contributed by atoms with van der Waals surface area (Å²) in [5.74, 6) is 0.742. The van der Waals surface area contributed by atoms with Crippen LogP contribution in [0.2, 0.25) is 0 Å². The Morgan fingerprint density at radius 3 is 2.93 bits per heavy atom. The van der Waals surface area contributed by atoms with Crippen molar-refractivity contribution in [3.63, 3.8) is 0 Å². The molecule has 3 nitrogen and oxygen atoms in total. The van der Waals surface area contributed by atoms with E-state index in [4.69, 9.17) is 4.74 Å². The highest BCUT2D eigenvalue weighted by molar-refractivity contribution is 9.10. The van der Waals surface area contributed by atoms with E-state index in [1.807, 2.05) is 12.1 Å². The predicted octanol–water partition coefficient (Wildman–Crippen LogP) is 2.75. The van der Waals surface area contributed by atoms with E-state index in [-0.39, 0.29) is 0 Å². The minimum absolute atomic E-state index is 0.552. The molecule has 4 heteroatoms. The van der Waals surface area contributed by atoms with Gasteiger partial charge in [-0.15, -0.1) is 0 Å². The number of carbonyl (C=O) groups excluding carboxylic acids is 1. The van der Waals surface area contributed by atoms with Crippen LogP contribution < -0.4 is 4.74 Å². The molecule has 1 aromatic heterocycles. The van der Waals surface area contributed by atoms with Gasteiger partial charge in [0.05, 0.1) is 17.3 Å². The molecule has 1 aromatic carbocycles. The highest BCUT2D eigenvalue weighted by atomic mass is 79.9. The van der Waals surface area contributed by atoms with Gasteiger partial charge in [-0.25, -0.2) is 0 Å². The largest absolute Gasteiger partial charge is 0.495 e. The second-order valence-corrected chi connectivity index (χ2v) is 3.74. The van der Waals surface area contributed by atoms with Crippen molar-refractivity contribution in [1.82, 2.24) is 4.98 Å². The molecule has 0 fully saturated rings. The van der Waals surface area contributed by atoms with Crippen molar-refractivity contribution < 1.29 is 9.53 Å². The van der Waals surface area contributed by atoms with E-state index in [1.165, 1.54) is 0 Å². The van der Waals surface area contributed by atoms with E-state index in [9.17, 15) is 4.79 Å². The second-order valence-electron chi connectivity index (χ2n) is 2.88. The molecule has 72 valence electrons. The molecule has 0 spiro atoms. The van der Waals surface area contributed by atoms with Crippen molar-refractivity contribution in [2.24, 2.45) is 0 Å². The van der Waals surface area contributed by atoms with Crippen molar-refractivity contribution in [3.05, 3.63) is 28.4 Å². The monoisotopic (exact) mass is 253 g/mol. The number of carbonyl (C=O) groups is 1. The smallest absolute Gasteiger partial charge is 0.166 e. The number of ether oxygens (including phenoxy) is 1. The third kappa shape index (κ3) is 1.32. The summed E-state index contributed by atoms with van der Waals surface area (Å²) in [6, 6.07) is 5.55. The number of H-pyrrole nitrogens is 1. The summed E-state index contributed by atoms with van der Waals surface area (Å²) in [6.07, 6.45) is 0.785. The Morgan fingerprint density at radius 2 is 2.29 bits per heavy atom. The zero-order valence-electron chi connectivity index (χ0n) is 7.50. The lowest BCUT2D eigenvalue weighted by Gasteiger charge is -2.03. The third-order valence-corrected chi connectivity index (χ3v) is 2.68. The SMILES string of the molecule is COc1c(Br)ccc2[nH]c(C=O)cc12. The molecule has 0 aliphatic heterocycles. The average Bonchev–Trinajstić information content (AvgIpc) is 2.60. The maximum absolute atomic E-state index is 10.6. The number of aromatic amines is 1. The van der Waals surface area contributed by atoms with Crippen LogP contribution in [-0.2, 0) is 0 Å². The van der Waals surface area contributed by atoms with Crippen molar-refractivity contribution in [1.29, 1.82) is 0 Å². The van der Waals surface area contributed by atoms with Crippen LogP contribution in [0.15, 0.2) is 22.7 Å². The fourth-order valence-corrected chi connectivity index (χ4v) is 1.95. The summed E-state index contributed by atoms with van der Waals surface area (Å²) in [5.41, 5.74) is 1.45. The van der Waals surface area contributed by atoms with Gasteiger partial charge in [-0.1, -0.05) is 0 Å². The van der Waals surface area contributed by atoms with Crippen LogP contribution >= 0.6 is 15.9 Å². The van der Waals surface area contributed by atoms with Gasteiger partial charge in [-0.3, -0.25) is 4.79 Å². The molecule has 0 radical (unpaired) electrons. The maximum Gasteiger partial charge on any atom is 0.166 e. The van der Waals surface area contributed by atoms with Gasteiger partial charge in [0.2, 0.25) is 0 Å². The van der Waals surface area contributed by atoms with Crippen molar-refractivity contribution in [3.8, 4) is 5.75 Å². The van der Waals surface area contributed by atoms with Gasteiger partial charge in [-0.2, -0.15) is 0 Å². The number of hydrogen-bond acceptors (Lipinski definition) is 2. The van der Waals surface area contributed by atoms with Gasteiger partial charge < -0.3 is 9.72 Å². The van der Waals surface area contributed by atoms with Crippen LogP contribution in [0, 0.1) is 0 Å².